The molecule has 2 rings (SSSR count). The highest BCUT2D eigenvalue weighted by atomic mass is 16.8. The molecule has 0 radical (unpaired) electrons. The van der Waals surface area contributed by atoms with Crippen molar-refractivity contribution in [1.82, 2.24) is 5.48 Å². The molecule has 2 fully saturated rings. The summed E-state index contributed by atoms with van der Waals surface area (Å²) in [5.74, 6) is -0.520. The Kier molecular flexibility index (Phi) is 8.34. The largest absolute Gasteiger partial charge is 0.481 e. The Balaban J connectivity index is 1.88. The average Bonchev–Trinajstić information content (AvgIpc) is 2.58. The normalized spacial score (nSPS) is 25.9. The summed E-state index contributed by atoms with van der Waals surface area (Å²) in [6, 6.07) is -0.134. The van der Waals surface area contributed by atoms with Crippen molar-refractivity contribution in [2.75, 3.05) is 6.61 Å². The van der Waals surface area contributed by atoms with Gasteiger partial charge in [0.2, 0.25) is 0 Å². The van der Waals surface area contributed by atoms with Crippen molar-refractivity contribution in [2.45, 2.75) is 89.9 Å². The van der Waals surface area contributed by atoms with Crippen molar-refractivity contribution in [3.8, 4) is 0 Å². The predicted molar refractivity (Wildman–Crippen MR) is 88.8 cm³/mol. The Morgan fingerprint density at radius 2 is 1.96 bits per heavy atom. The van der Waals surface area contributed by atoms with Crippen LogP contribution in [0.3, 0.4) is 0 Å². The van der Waals surface area contributed by atoms with Gasteiger partial charge < -0.3 is 9.84 Å². The first kappa shape index (κ1) is 18.7. The number of hydrogen-bond acceptors (Lipinski definition) is 4. The van der Waals surface area contributed by atoms with Crippen LogP contribution in [-0.2, 0) is 14.4 Å². The number of hydrogen-bond donors (Lipinski definition) is 2. The minimum atomic E-state index is -0.699. The lowest BCUT2D eigenvalue weighted by molar-refractivity contribution is -0.208. The zero-order valence-electron chi connectivity index (χ0n) is 14.5. The molecule has 0 bridgehead atoms. The van der Waals surface area contributed by atoms with E-state index in [-0.39, 0.29) is 18.2 Å². The number of ether oxygens (including phenoxy) is 1. The van der Waals surface area contributed by atoms with Gasteiger partial charge in [-0.2, -0.15) is 5.48 Å². The van der Waals surface area contributed by atoms with Crippen molar-refractivity contribution in [3.05, 3.63) is 0 Å². The van der Waals surface area contributed by atoms with E-state index in [0.29, 0.717) is 5.92 Å². The molecule has 0 aromatic heterocycles. The minimum Gasteiger partial charge on any atom is -0.481 e. The number of carboxylic acids is 1. The quantitative estimate of drug-likeness (QED) is 0.629. The Bertz CT molecular complexity index is 338. The van der Waals surface area contributed by atoms with E-state index in [4.69, 9.17) is 9.57 Å². The van der Waals surface area contributed by atoms with Crippen LogP contribution in [-0.4, -0.2) is 30.0 Å². The highest BCUT2D eigenvalue weighted by Crippen LogP contribution is 2.31. The van der Waals surface area contributed by atoms with E-state index < -0.39 is 5.97 Å². The lowest BCUT2D eigenvalue weighted by atomic mass is 9.80. The molecular weight excluding hydrogens is 294 g/mol. The molecule has 5 nitrogen and oxygen atoms in total. The van der Waals surface area contributed by atoms with Gasteiger partial charge in [-0.05, 0) is 31.6 Å². The van der Waals surface area contributed by atoms with Gasteiger partial charge in [-0.1, -0.05) is 45.4 Å². The standard InChI is InChI=1S/C18H33NO4/c1-2-8-16(19-23-17-11-6-7-12-22-17)15(18(20)21)13-14-9-4-3-5-10-14/h14-17,19H,2-13H2,1H3,(H,20,21). The molecule has 1 saturated heterocycles. The summed E-state index contributed by atoms with van der Waals surface area (Å²) in [4.78, 5) is 17.5. The van der Waals surface area contributed by atoms with E-state index in [0.717, 1.165) is 45.1 Å². The minimum absolute atomic E-state index is 0.134. The number of nitrogens with one attached hydrogen (secondary N) is 1. The van der Waals surface area contributed by atoms with Crippen molar-refractivity contribution in [1.29, 1.82) is 0 Å². The maximum atomic E-state index is 11.8. The first-order valence-electron chi connectivity index (χ1n) is 9.46. The van der Waals surface area contributed by atoms with Gasteiger partial charge in [0.15, 0.2) is 6.29 Å². The van der Waals surface area contributed by atoms with Gasteiger partial charge in [0.1, 0.15) is 0 Å². The second-order valence-electron chi connectivity index (χ2n) is 7.11. The summed E-state index contributed by atoms with van der Waals surface area (Å²) >= 11 is 0. The second kappa shape index (κ2) is 10.3. The van der Waals surface area contributed by atoms with Crippen LogP contribution in [0.1, 0.15) is 77.6 Å². The molecule has 0 spiro atoms. The molecule has 2 N–H and O–H groups in total. The van der Waals surface area contributed by atoms with Crippen LogP contribution in [0.5, 0.6) is 0 Å². The van der Waals surface area contributed by atoms with Gasteiger partial charge in [-0.25, -0.2) is 0 Å². The summed E-state index contributed by atoms with van der Waals surface area (Å²) in [5.41, 5.74) is 3.06. The summed E-state index contributed by atoms with van der Waals surface area (Å²) in [6.07, 6.45) is 11.5. The zero-order valence-corrected chi connectivity index (χ0v) is 14.5. The fourth-order valence-corrected chi connectivity index (χ4v) is 3.84. The Hall–Kier alpha value is -0.650. The maximum Gasteiger partial charge on any atom is 0.308 e. The van der Waals surface area contributed by atoms with E-state index in [1.165, 1.54) is 32.1 Å². The maximum absolute atomic E-state index is 11.8. The Labute approximate surface area is 140 Å². The number of rotatable bonds is 9. The molecule has 0 amide bonds. The number of carbonyl (C=O) groups is 1. The molecule has 0 aromatic carbocycles. The second-order valence-corrected chi connectivity index (χ2v) is 7.11. The van der Waals surface area contributed by atoms with Gasteiger partial charge in [-0.3, -0.25) is 9.63 Å². The molecule has 23 heavy (non-hydrogen) atoms. The summed E-state index contributed by atoms with van der Waals surface area (Å²) in [6.45, 7) is 2.82. The summed E-state index contributed by atoms with van der Waals surface area (Å²) in [5, 5.41) is 9.71. The first-order chi connectivity index (χ1) is 11.2. The van der Waals surface area contributed by atoms with E-state index >= 15 is 0 Å². The molecule has 2 aliphatic rings. The van der Waals surface area contributed by atoms with Crippen LogP contribution in [0, 0.1) is 11.8 Å². The number of carboxylic acid groups (broad SMARTS) is 1. The van der Waals surface area contributed by atoms with Crippen LogP contribution in [0.15, 0.2) is 0 Å². The molecule has 1 aliphatic carbocycles. The van der Waals surface area contributed by atoms with Crippen LogP contribution in [0.25, 0.3) is 0 Å². The van der Waals surface area contributed by atoms with Gasteiger partial charge in [0, 0.05) is 19.1 Å². The summed E-state index contributed by atoms with van der Waals surface area (Å²) < 4.78 is 5.56. The third-order valence-electron chi connectivity index (χ3n) is 5.20. The molecule has 1 heterocycles. The molecule has 3 unspecified atom stereocenters. The highest BCUT2D eigenvalue weighted by molar-refractivity contribution is 5.70. The number of hydroxylamine groups is 1. The van der Waals surface area contributed by atoms with Crippen LogP contribution < -0.4 is 5.48 Å². The molecule has 1 saturated carbocycles. The Morgan fingerprint density at radius 1 is 1.22 bits per heavy atom. The van der Waals surface area contributed by atoms with Gasteiger partial charge in [0.25, 0.3) is 0 Å². The smallest absolute Gasteiger partial charge is 0.308 e. The van der Waals surface area contributed by atoms with Crippen LogP contribution in [0.4, 0.5) is 0 Å². The van der Waals surface area contributed by atoms with E-state index in [1.807, 2.05) is 0 Å². The Morgan fingerprint density at radius 3 is 2.57 bits per heavy atom. The first-order valence-corrected chi connectivity index (χ1v) is 9.46. The van der Waals surface area contributed by atoms with Crippen LogP contribution in [0.2, 0.25) is 0 Å². The monoisotopic (exact) mass is 327 g/mol. The van der Waals surface area contributed by atoms with Crippen LogP contribution >= 0.6 is 0 Å². The van der Waals surface area contributed by atoms with E-state index in [1.54, 1.807) is 0 Å². The third kappa shape index (κ3) is 6.40. The fraction of sp³-hybridized carbons (Fsp3) is 0.944. The molecule has 1 aliphatic heterocycles. The topological polar surface area (TPSA) is 67.8 Å². The molecule has 3 atom stereocenters. The van der Waals surface area contributed by atoms with Crippen molar-refractivity contribution >= 4 is 5.97 Å². The lowest BCUT2D eigenvalue weighted by Gasteiger charge is -2.31. The van der Waals surface area contributed by atoms with Crippen molar-refractivity contribution in [2.24, 2.45) is 11.8 Å². The zero-order chi connectivity index (χ0) is 16.5. The highest BCUT2D eigenvalue weighted by Gasteiger charge is 2.31. The van der Waals surface area contributed by atoms with Crippen molar-refractivity contribution < 1.29 is 19.5 Å². The molecular formula is C18H33NO4. The van der Waals surface area contributed by atoms with E-state index in [2.05, 4.69) is 12.4 Å². The lowest BCUT2D eigenvalue weighted by Crippen LogP contribution is -2.43. The number of aliphatic carboxylic acids is 1. The molecule has 0 aromatic rings. The van der Waals surface area contributed by atoms with Crippen molar-refractivity contribution in [3.63, 3.8) is 0 Å². The fourth-order valence-electron chi connectivity index (χ4n) is 3.84. The average molecular weight is 327 g/mol. The third-order valence-corrected chi connectivity index (χ3v) is 5.20. The van der Waals surface area contributed by atoms with E-state index in [9.17, 15) is 9.90 Å². The SMILES string of the molecule is CCCC(NOC1CCCCO1)C(CC1CCCCC1)C(=O)O. The van der Waals surface area contributed by atoms with Gasteiger partial charge in [-0.15, -0.1) is 0 Å². The van der Waals surface area contributed by atoms with Gasteiger partial charge in [0.05, 0.1) is 5.92 Å². The summed E-state index contributed by atoms with van der Waals surface area (Å²) in [7, 11) is 0. The predicted octanol–water partition coefficient (Wildman–Crippen LogP) is 3.87. The molecule has 134 valence electrons. The van der Waals surface area contributed by atoms with Gasteiger partial charge >= 0.3 is 5.97 Å². The molecule has 5 heteroatoms.